The van der Waals surface area contributed by atoms with Crippen molar-refractivity contribution in [3.05, 3.63) is 46.9 Å². The molecule has 0 radical (unpaired) electrons. The lowest BCUT2D eigenvalue weighted by Gasteiger charge is -2.43. The topological polar surface area (TPSA) is 130 Å². The predicted molar refractivity (Wildman–Crippen MR) is 125 cm³/mol. The number of alkyl halides is 1. The van der Waals surface area contributed by atoms with E-state index in [0.717, 1.165) is 0 Å². The van der Waals surface area contributed by atoms with Crippen molar-refractivity contribution in [3.8, 4) is 11.3 Å². The molecule has 0 aliphatic carbocycles. The second-order valence-corrected chi connectivity index (χ2v) is 9.63. The van der Waals surface area contributed by atoms with Crippen LogP contribution in [0.15, 0.2) is 24.5 Å². The average molecular weight is 559 g/mol. The van der Waals surface area contributed by atoms with E-state index >= 15 is 0 Å². The third-order valence-electron chi connectivity index (χ3n) is 6.92. The second kappa shape index (κ2) is 11.2. The molecule has 7 atom stereocenters. The van der Waals surface area contributed by atoms with Crippen LogP contribution in [0.3, 0.4) is 0 Å². The molecule has 11 nitrogen and oxygen atoms in total. The third kappa shape index (κ3) is 5.03. The third-order valence-corrected chi connectivity index (χ3v) is 7.21. The van der Waals surface area contributed by atoms with Gasteiger partial charge in [-0.1, -0.05) is 22.0 Å². The fraction of sp³-hybridized carbons (Fsp3) is 0.565. The van der Waals surface area contributed by atoms with Crippen LogP contribution in [0.1, 0.15) is 24.2 Å². The Labute approximate surface area is 220 Å². The number of hydrogen-bond acceptors (Lipinski definition) is 9. The maximum absolute atomic E-state index is 14.5. The highest BCUT2D eigenvalue weighted by Crippen LogP contribution is 2.35. The van der Waals surface area contributed by atoms with Crippen molar-refractivity contribution in [2.75, 3.05) is 26.9 Å². The Kier molecular flexibility index (Phi) is 7.98. The van der Waals surface area contributed by atoms with Gasteiger partial charge in [-0.05, 0) is 18.6 Å². The molecule has 4 heterocycles. The molecule has 2 aromatic heterocycles. The molecule has 1 aromatic carbocycles. The van der Waals surface area contributed by atoms with Crippen LogP contribution in [0, 0.1) is 11.6 Å². The van der Waals surface area contributed by atoms with E-state index in [1.54, 1.807) is 6.20 Å². The van der Waals surface area contributed by atoms with Gasteiger partial charge >= 0.3 is 0 Å². The molecule has 0 saturated carbocycles. The highest BCUT2D eigenvalue weighted by molar-refractivity contribution is 6.30. The van der Waals surface area contributed by atoms with Crippen molar-refractivity contribution >= 4 is 11.6 Å². The zero-order valence-corrected chi connectivity index (χ0v) is 21.0. The summed E-state index contributed by atoms with van der Waals surface area (Å²) in [5, 5.41) is 36.7. The van der Waals surface area contributed by atoms with E-state index in [1.807, 2.05) is 0 Å². The lowest BCUT2D eigenvalue weighted by molar-refractivity contribution is -0.212. The van der Waals surface area contributed by atoms with Gasteiger partial charge in [0.05, 0.1) is 42.3 Å². The largest absolute Gasteiger partial charge is 0.394 e. The zero-order valence-electron chi connectivity index (χ0n) is 20.2. The maximum Gasteiger partial charge on any atom is 0.178 e. The highest BCUT2D eigenvalue weighted by Gasteiger charge is 2.47. The fourth-order valence-corrected chi connectivity index (χ4v) is 5.11. The van der Waals surface area contributed by atoms with Crippen LogP contribution >= 0.6 is 11.6 Å². The molecule has 206 valence electrons. The summed E-state index contributed by atoms with van der Waals surface area (Å²) in [4.78, 5) is 0. The van der Waals surface area contributed by atoms with Gasteiger partial charge in [-0.25, -0.2) is 22.5 Å². The van der Waals surface area contributed by atoms with Crippen molar-refractivity contribution in [2.24, 2.45) is 0 Å². The Hall–Kier alpha value is -2.62. The molecule has 0 amide bonds. The van der Waals surface area contributed by atoms with Crippen LogP contribution in [-0.4, -0.2) is 97.7 Å². The maximum atomic E-state index is 14.5. The van der Waals surface area contributed by atoms with Crippen LogP contribution in [-0.2, 0) is 20.6 Å². The first-order chi connectivity index (χ1) is 18.3. The predicted octanol–water partition coefficient (Wildman–Crippen LogP) is 1.69. The van der Waals surface area contributed by atoms with Gasteiger partial charge in [-0.3, -0.25) is 0 Å². The van der Waals surface area contributed by atoms with E-state index in [-0.39, 0.29) is 29.3 Å². The molecule has 15 heteroatoms. The Bertz CT molecular complexity index is 1260. The summed E-state index contributed by atoms with van der Waals surface area (Å²) < 4.78 is 62.3. The number of nitrogens with zero attached hydrogens (tertiary/aromatic N) is 6. The van der Waals surface area contributed by atoms with Gasteiger partial charge in [0.1, 0.15) is 36.2 Å². The van der Waals surface area contributed by atoms with Crippen molar-refractivity contribution in [3.63, 3.8) is 0 Å². The molecule has 5 rings (SSSR count). The monoisotopic (exact) mass is 558 g/mol. The lowest BCUT2D eigenvalue weighted by Crippen LogP contribution is -2.57. The fourth-order valence-electron chi connectivity index (χ4n) is 4.96. The van der Waals surface area contributed by atoms with Crippen LogP contribution < -0.4 is 0 Å². The van der Waals surface area contributed by atoms with Gasteiger partial charge < -0.3 is 24.4 Å². The summed E-state index contributed by atoms with van der Waals surface area (Å²) in [6, 6.07) is 1.05. The normalized spacial score (nSPS) is 30.0. The molecular weight excluding hydrogens is 533 g/mol. The van der Waals surface area contributed by atoms with Crippen LogP contribution in [0.2, 0.25) is 5.02 Å². The van der Waals surface area contributed by atoms with E-state index < -0.39 is 60.9 Å². The number of rotatable bonds is 7. The minimum atomic E-state index is -1.28. The minimum absolute atomic E-state index is 0.00360. The Morgan fingerprint density at radius 2 is 1.92 bits per heavy atom. The van der Waals surface area contributed by atoms with Gasteiger partial charge in [-0.2, -0.15) is 0 Å². The highest BCUT2D eigenvalue weighted by atomic mass is 35.5. The van der Waals surface area contributed by atoms with Crippen LogP contribution in [0.25, 0.3) is 11.3 Å². The molecule has 0 spiro atoms. The van der Waals surface area contributed by atoms with Gasteiger partial charge in [-0.15, -0.1) is 10.2 Å². The first-order valence-electron chi connectivity index (χ1n) is 12.0. The number of hydrogen-bond donors (Lipinski definition) is 2. The number of aliphatic hydroxyl groups is 2. The first kappa shape index (κ1) is 27.0. The summed E-state index contributed by atoms with van der Waals surface area (Å²) in [5.74, 6) is -2.40. The van der Waals surface area contributed by atoms with E-state index in [2.05, 4.69) is 20.6 Å². The van der Waals surface area contributed by atoms with E-state index in [0.29, 0.717) is 18.7 Å². The number of aromatic nitrogens is 6. The number of ether oxygens (including phenoxy) is 3. The summed E-state index contributed by atoms with van der Waals surface area (Å²) in [6.45, 7) is -0.106. The van der Waals surface area contributed by atoms with Crippen molar-refractivity contribution in [2.45, 2.75) is 55.5 Å². The smallest absolute Gasteiger partial charge is 0.178 e. The van der Waals surface area contributed by atoms with Crippen molar-refractivity contribution < 1.29 is 37.6 Å². The quantitative estimate of drug-likeness (QED) is 0.416. The zero-order chi connectivity index (χ0) is 27.0. The van der Waals surface area contributed by atoms with E-state index in [4.69, 9.17) is 25.8 Å². The number of benzene rings is 1. The molecule has 3 aromatic rings. The minimum Gasteiger partial charge on any atom is -0.394 e. The molecule has 2 aliphatic rings. The van der Waals surface area contributed by atoms with Crippen LogP contribution in [0.5, 0.6) is 0 Å². The van der Waals surface area contributed by atoms with E-state index in [1.165, 1.54) is 34.8 Å². The second-order valence-electron chi connectivity index (χ2n) is 9.22. The number of aliphatic hydroxyl groups excluding tert-OH is 2. The summed E-state index contributed by atoms with van der Waals surface area (Å²) >= 11 is 5.65. The summed E-state index contributed by atoms with van der Waals surface area (Å²) in [5.41, 5.74) is 0.323. The van der Waals surface area contributed by atoms with Crippen LogP contribution in [0.4, 0.5) is 13.2 Å². The Morgan fingerprint density at radius 1 is 1.13 bits per heavy atom. The van der Waals surface area contributed by atoms with Gasteiger partial charge in [0, 0.05) is 31.9 Å². The average Bonchev–Trinajstić information content (AvgIpc) is 3.58. The lowest BCUT2D eigenvalue weighted by atomic mass is 9.90. The molecule has 0 unspecified atom stereocenters. The Morgan fingerprint density at radius 3 is 2.66 bits per heavy atom. The molecule has 2 aliphatic heterocycles. The SMILES string of the molecule is CO[C@@H]1[C@@H](n2cc(-c3ccc(Cl)c(F)c3F)nn2)[C@@H](O)[C@@H](CO)O[C@@H]1Cc1cn([C@H]2CCOC[C@H]2F)nn1. The standard InChI is InChI=1S/C23H26ClF3N6O5/c1-36-23-17(6-11-7-32(30-28-11)16-4-5-37-10-14(16)25)38-18(9-34)22(35)21(23)33-8-15(29-31-33)12-2-3-13(24)20(27)19(12)26/h2-3,7-8,14,16-18,21-23,34-35H,4-6,9-10H2,1H3/t14-,16+,17-,18-,21+,22+,23+/m1/s1. The molecule has 0 bridgehead atoms. The van der Waals surface area contributed by atoms with E-state index in [9.17, 15) is 23.4 Å². The first-order valence-corrected chi connectivity index (χ1v) is 12.4. The van der Waals surface area contributed by atoms with Gasteiger partial charge in [0.15, 0.2) is 11.6 Å². The van der Waals surface area contributed by atoms with Gasteiger partial charge in [0.25, 0.3) is 0 Å². The van der Waals surface area contributed by atoms with Crippen molar-refractivity contribution in [1.29, 1.82) is 0 Å². The van der Waals surface area contributed by atoms with Gasteiger partial charge in [0.2, 0.25) is 0 Å². The molecule has 2 fully saturated rings. The number of halogens is 4. The molecular formula is C23H26ClF3N6O5. The summed E-state index contributed by atoms with van der Waals surface area (Å²) in [7, 11) is 1.42. The Balaban J connectivity index is 1.41. The van der Waals surface area contributed by atoms with Crippen molar-refractivity contribution in [1.82, 2.24) is 30.0 Å². The molecule has 2 saturated heterocycles. The number of methoxy groups -OCH3 is 1. The molecule has 38 heavy (non-hydrogen) atoms. The summed E-state index contributed by atoms with van der Waals surface area (Å²) in [6.07, 6.45) is -1.49. The molecule has 2 N–H and O–H groups in total.